The van der Waals surface area contributed by atoms with E-state index in [1.165, 1.54) is 0 Å². The predicted molar refractivity (Wildman–Crippen MR) is 43.1 cm³/mol. The van der Waals surface area contributed by atoms with Gasteiger partial charge in [0.25, 0.3) is 0 Å². The second kappa shape index (κ2) is 4.13. The van der Waals surface area contributed by atoms with Crippen LogP contribution < -0.4 is 0 Å². The molecule has 0 radical (unpaired) electrons. The van der Waals surface area contributed by atoms with Gasteiger partial charge in [-0.1, -0.05) is 13.3 Å². The molecule has 11 heavy (non-hydrogen) atoms. The maximum Gasteiger partial charge on any atom is 0.0736 e. The van der Waals surface area contributed by atoms with Gasteiger partial charge in [0.05, 0.1) is 12.6 Å². The molecule has 1 atom stereocenters. The van der Waals surface area contributed by atoms with E-state index >= 15 is 0 Å². The van der Waals surface area contributed by atoms with Crippen LogP contribution in [0, 0.1) is 0 Å². The lowest BCUT2D eigenvalue weighted by Crippen LogP contribution is -2.15. The Hall–Kier alpha value is -0.830. The maximum atomic E-state index is 9.36. The molecule has 0 amide bonds. The fourth-order valence-corrected chi connectivity index (χ4v) is 1.05. The molecular weight excluding hydrogens is 140 g/mol. The third-order valence-electron chi connectivity index (χ3n) is 1.58. The van der Waals surface area contributed by atoms with Crippen LogP contribution >= 0.6 is 0 Å². The summed E-state index contributed by atoms with van der Waals surface area (Å²) in [5.74, 6) is 0. The van der Waals surface area contributed by atoms with Crippen LogP contribution in [0.1, 0.15) is 19.8 Å². The van der Waals surface area contributed by atoms with Gasteiger partial charge >= 0.3 is 0 Å². The summed E-state index contributed by atoms with van der Waals surface area (Å²) in [5.41, 5.74) is 0. The Balaban J connectivity index is 2.31. The van der Waals surface area contributed by atoms with Crippen LogP contribution in [0.15, 0.2) is 18.5 Å². The summed E-state index contributed by atoms with van der Waals surface area (Å²) >= 11 is 0. The number of aliphatic hydroxyl groups is 1. The van der Waals surface area contributed by atoms with E-state index in [-0.39, 0.29) is 6.10 Å². The van der Waals surface area contributed by atoms with Gasteiger partial charge in [-0.3, -0.25) is 4.68 Å². The molecule has 0 spiro atoms. The summed E-state index contributed by atoms with van der Waals surface area (Å²) in [6, 6.07) is 1.86. The number of hydrogen-bond donors (Lipinski definition) is 1. The number of hydrogen-bond acceptors (Lipinski definition) is 2. The average Bonchev–Trinajstić information content (AvgIpc) is 2.40. The largest absolute Gasteiger partial charge is 0.391 e. The lowest BCUT2D eigenvalue weighted by Gasteiger charge is -2.08. The van der Waals surface area contributed by atoms with Gasteiger partial charge < -0.3 is 5.11 Å². The van der Waals surface area contributed by atoms with Gasteiger partial charge in [-0.25, -0.2) is 0 Å². The highest BCUT2D eigenvalue weighted by Crippen LogP contribution is 1.98. The smallest absolute Gasteiger partial charge is 0.0736 e. The molecule has 3 nitrogen and oxygen atoms in total. The van der Waals surface area contributed by atoms with Crippen molar-refractivity contribution in [1.29, 1.82) is 0 Å². The van der Waals surface area contributed by atoms with E-state index in [9.17, 15) is 5.11 Å². The molecular formula is C8H14N2O. The van der Waals surface area contributed by atoms with Crippen LogP contribution in [0.25, 0.3) is 0 Å². The zero-order valence-electron chi connectivity index (χ0n) is 6.77. The molecule has 0 aliphatic heterocycles. The minimum Gasteiger partial charge on any atom is -0.391 e. The molecule has 0 aliphatic rings. The zero-order chi connectivity index (χ0) is 8.10. The monoisotopic (exact) mass is 154 g/mol. The van der Waals surface area contributed by atoms with Crippen molar-refractivity contribution in [3.8, 4) is 0 Å². The first-order valence-corrected chi connectivity index (χ1v) is 3.98. The van der Waals surface area contributed by atoms with Crippen molar-refractivity contribution in [2.24, 2.45) is 0 Å². The topological polar surface area (TPSA) is 38.0 Å². The molecule has 1 rings (SSSR count). The SMILES string of the molecule is CCCC(O)Cn1cccn1. The second-order valence-electron chi connectivity index (χ2n) is 2.67. The lowest BCUT2D eigenvalue weighted by atomic mass is 10.2. The summed E-state index contributed by atoms with van der Waals surface area (Å²) in [4.78, 5) is 0. The van der Waals surface area contributed by atoms with Crippen molar-refractivity contribution in [2.75, 3.05) is 0 Å². The first kappa shape index (κ1) is 8.27. The molecule has 1 heterocycles. The first-order chi connectivity index (χ1) is 5.33. The molecule has 62 valence electrons. The summed E-state index contributed by atoms with van der Waals surface area (Å²) in [6.07, 6.45) is 5.19. The van der Waals surface area contributed by atoms with Gasteiger partial charge in [0.1, 0.15) is 0 Å². The molecule has 3 heteroatoms. The first-order valence-electron chi connectivity index (χ1n) is 3.98. The molecule has 1 aromatic heterocycles. The van der Waals surface area contributed by atoms with E-state index in [0.717, 1.165) is 12.8 Å². The van der Waals surface area contributed by atoms with Crippen molar-refractivity contribution in [2.45, 2.75) is 32.4 Å². The quantitative estimate of drug-likeness (QED) is 0.703. The minimum absolute atomic E-state index is 0.250. The molecule has 0 aliphatic carbocycles. The van der Waals surface area contributed by atoms with Crippen LogP contribution in [0.4, 0.5) is 0 Å². The predicted octanol–water partition coefficient (Wildman–Crippen LogP) is 1.04. The number of aromatic nitrogens is 2. The van der Waals surface area contributed by atoms with Crippen LogP contribution in [0.3, 0.4) is 0 Å². The maximum absolute atomic E-state index is 9.36. The van der Waals surface area contributed by atoms with Crippen molar-refractivity contribution in [3.05, 3.63) is 18.5 Å². The van der Waals surface area contributed by atoms with Gasteiger partial charge in [-0.05, 0) is 12.5 Å². The van der Waals surface area contributed by atoms with Gasteiger partial charge in [0.15, 0.2) is 0 Å². The summed E-state index contributed by atoms with van der Waals surface area (Å²) in [5, 5.41) is 13.4. The summed E-state index contributed by atoms with van der Waals surface area (Å²) in [7, 11) is 0. The lowest BCUT2D eigenvalue weighted by molar-refractivity contribution is 0.139. The Labute approximate surface area is 66.7 Å². The molecule has 0 aromatic carbocycles. The third-order valence-corrected chi connectivity index (χ3v) is 1.58. The normalized spacial score (nSPS) is 13.3. The van der Waals surface area contributed by atoms with Gasteiger partial charge in [-0.2, -0.15) is 5.10 Å². The van der Waals surface area contributed by atoms with Gasteiger partial charge in [0, 0.05) is 12.4 Å². The molecule has 0 bridgehead atoms. The summed E-state index contributed by atoms with van der Waals surface area (Å²) < 4.78 is 1.75. The van der Waals surface area contributed by atoms with E-state index < -0.39 is 0 Å². The van der Waals surface area contributed by atoms with E-state index in [4.69, 9.17) is 0 Å². The van der Waals surface area contributed by atoms with E-state index in [1.54, 1.807) is 10.9 Å². The summed E-state index contributed by atoms with van der Waals surface area (Å²) in [6.45, 7) is 2.67. The van der Waals surface area contributed by atoms with Crippen LogP contribution in [-0.2, 0) is 6.54 Å². The zero-order valence-corrected chi connectivity index (χ0v) is 6.77. The van der Waals surface area contributed by atoms with Crippen LogP contribution in [0.2, 0.25) is 0 Å². The Morgan fingerprint density at radius 2 is 2.45 bits per heavy atom. The molecule has 0 saturated heterocycles. The van der Waals surface area contributed by atoms with E-state index in [0.29, 0.717) is 6.54 Å². The van der Waals surface area contributed by atoms with Gasteiger partial charge in [0.2, 0.25) is 0 Å². The average molecular weight is 154 g/mol. The second-order valence-corrected chi connectivity index (χ2v) is 2.67. The van der Waals surface area contributed by atoms with E-state index in [1.807, 2.05) is 12.3 Å². The van der Waals surface area contributed by atoms with Crippen LogP contribution in [0.5, 0.6) is 0 Å². The molecule has 1 N–H and O–H groups in total. The number of aliphatic hydroxyl groups excluding tert-OH is 1. The highest BCUT2D eigenvalue weighted by atomic mass is 16.3. The van der Waals surface area contributed by atoms with Crippen molar-refractivity contribution in [1.82, 2.24) is 9.78 Å². The Morgan fingerprint density at radius 1 is 1.64 bits per heavy atom. The Bertz CT molecular complexity index is 184. The fourth-order valence-electron chi connectivity index (χ4n) is 1.05. The molecule has 1 unspecified atom stereocenters. The minimum atomic E-state index is -0.250. The highest BCUT2D eigenvalue weighted by Gasteiger charge is 2.02. The third kappa shape index (κ3) is 2.72. The highest BCUT2D eigenvalue weighted by molar-refractivity contribution is 4.78. The molecule has 0 fully saturated rings. The number of rotatable bonds is 4. The van der Waals surface area contributed by atoms with Crippen molar-refractivity contribution >= 4 is 0 Å². The fraction of sp³-hybridized carbons (Fsp3) is 0.625. The van der Waals surface area contributed by atoms with E-state index in [2.05, 4.69) is 12.0 Å². The Kier molecular flexibility index (Phi) is 3.11. The van der Waals surface area contributed by atoms with Crippen LogP contribution in [-0.4, -0.2) is 21.0 Å². The van der Waals surface area contributed by atoms with Crippen molar-refractivity contribution in [3.63, 3.8) is 0 Å². The molecule has 0 saturated carbocycles. The van der Waals surface area contributed by atoms with Gasteiger partial charge in [-0.15, -0.1) is 0 Å². The Morgan fingerprint density at radius 3 is 3.00 bits per heavy atom. The van der Waals surface area contributed by atoms with Crippen molar-refractivity contribution < 1.29 is 5.11 Å². The molecule has 1 aromatic rings. The standard InChI is InChI=1S/C8H14N2O/c1-2-4-8(11)7-10-6-3-5-9-10/h3,5-6,8,11H,2,4,7H2,1H3. The number of nitrogens with zero attached hydrogens (tertiary/aromatic N) is 2.